The van der Waals surface area contributed by atoms with Gasteiger partial charge >= 0.3 is 0 Å². The van der Waals surface area contributed by atoms with Crippen LogP contribution in [0.4, 0.5) is 0 Å². The molecule has 3 nitrogen and oxygen atoms in total. The summed E-state index contributed by atoms with van der Waals surface area (Å²) in [5.41, 5.74) is 0.644. The van der Waals surface area contributed by atoms with Gasteiger partial charge in [-0.3, -0.25) is 0 Å². The van der Waals surface area contributed by atoms with E-state index in [1.807, 2.05) is 16.8 Å². The SMILES string of the molecule is N#Cc1cccn1[C@@H]1CCC[C@H]1O. The van der Waals surface area contributed by atoms with Gasteiger partial charge < -0.3 is 9.67 Å². The van der Waals surface area contributed by atoms with Crippen molar-refractivity contribution >= 4 is 0 Å². The van der Waals surface area contributed by atoms with Crippen LogP contribution in [0, 0.1) is 11.3 Å². The van der Waals surface area contributed by atoms with Gasteiger partial charge in [-0.05, 0) is 31.4 Å². The average Bonchev–Trinajstić information content (AvgIpc) is 2.71. The van der Waals surface area contributed by atoms with E-state index >= 15 is 0 Å². The van der Waals surface area contributed by atoms with Crippen LogP contribution in [0.1, 0.15) is 31.0 Å². The van der Waals surface area contributed by atoms with Crippen molar-refractivity contribution in [3.8, 4) is 6.07 Å². The number of nitriles is 1. The predicted octanol–water partition coefficient (Wildman–Crippen LogP) is 1.45. The number of aromatic nitrogens is 1. The van der Waals surface area contributed by atoms with Gasteiger partial charge in [-0.25, -0.2) is 0 Å². The van der Waals surface area contributed by atoms with Gasteiger partial charge in [0.2, 0.25) is 0 Å². The topological polar surface area (TPSA) is 49.0 Å². The lowest BCUT2D eigenvalue weighted by Gasteiger charge is -2.17. The van der Waals surface area contributed by atoms with Crippen LogP contribution in [0.25, 0.3) is 0 Å². The van der Waals surface area contributed by atoms with Crippen molar-refractivity contribution in [3.63, 3.8) is 0 Å². The largest absolute Gasteiger partial charge is 0.391 e. The van der Waals surface area contributed by atoms with Crippen LogP contribution in [-0.2, 0) is 0 Å². The first-order chi connectivity index (χ1) is 6.33. The lowest BCUT2D eigenvalue weighted by molar-refractivity contribution is 0.136. The van der Waals surface area contributed by atoms with Crippen LogP contribution in [0.2, 0.25) is 0 Å². The zero-order valence-corrected chi connectivity index (χ0v) is 7.35. The first kappa shape index (κ1) is 8.33. The van der Waals surface area contributed by atoms with Gasteiger partial charge in [0.05, 0.1) is 12.1 Å². The molecular formula is C10H12N2O. The van der Waals surface area contributed by atoms with E-state index in [9.17, 15) is 5.11 Å². The molecule has 1 aliphatic rings. The van der Waals surface area contributed by atoms with E-state index in [4.69, 9.17) is 5.26 Å². The summed E-state index contributed by atoms with van der Waals surface area (Å²) in [6.45, 7) is 0. The first-order valence-corrected chi connectivity index (χ1v) is 4.58. The monoisotopic (exact) mass is 176 g/mol. The Kier molecular flexibility index (Phi) is 2.07. The summed E-state index contributed by atoms with van der Waals surface area (Å²) in [7, 11) is 0. The summed E-state index contributed by atoms with van der Waals surface area (Å²) in [5, 5.41) is 18.5. The maximum atomic E-state index is 9.65. The molecule has 1 saturated carbocycles. The molecule has 0 aromatic carbocycles. The predicted molar refractivity (Wildman–Crippen MR) is 48.0 cm³/mol. The zero-order valence-electron chi connectivity index (χ0n) is 7.35. The Morgan fingerprint density at radius 1 is 1.54 bits per heavy atom. The van der Waals surface area contributed by atoms with Crippen molar-refractivity contribution < 1.29 is 5.11 Å². The summed E-state index contributed by atoms with van der Waals surface area (Å²) >= 11 is 0. The fourth-order valence-electron chi connectivity index (χ4n) is 2.02. The molecule has 0 radical (unpaired) electrons. The zero-order chi connectivity index (χ0) is 9.26. The molecule has 1 N–H and O–H groups in total. The molecule has 2 rings (SSSR count). The van der Waals surface area contributed by atoms with Gasteiger partial charge in [-0.1, -0.05) is 0 Å². The van der Waals surface area contributed by atoms with Gasteiger partial charge in [0.1, 0.15) is 11.8 Å². The van der Waals surface area contributed by atoms with Crippen LogP contribution in [0.3, 0.4) is 0 Å². The third kappa shape index (κ3) is 1.34. The molecule has 0 amide bonds. The molecule has 0 saturated heterocycles. The van der Waals surface area contributed by atoms with Crippen LogP contribution in [-0.4, -0.2) is 15.8 Å². The Balaban J connectivity index is 2.30. The standard InChI is InChI=1S/C10H12N2O/c11-7-8-3-2-6-12(8)9-4-1-5-10(9)13/h2-3,6,9-10,13H,1,4-5H2/t9-,10-/m1/s1. The van der Waals surface area contributed by atoms with E-state index < -0.39 is 0 Å². The lowest BCUT2D eigenvalue weighted by atomic mass is 10.2. The van der Waals surface area contributed by atoms with Crippen molar-refractivity contribution in [1.29, 1.82) is 5.26 Å². The highest BCUT2D eigenvalue weighted by molar-refractivity contribution is 5.23. The number of aliphatic hydroxyl groups is 1. The minimum atomic E-state index is -0.278. The molecule has 2 atom stereocenters. The highest BCUT2D eigenvalue weighted by Gasteiger charge is 2.27. The van der Waals surface area contributed by atoms with E-state index in [0.717, 1.165) is 19.3 Å². The second kappa shape index (κ2) is 3.23. The molecule has 1 aliphatic carbocycles. The van der Waals surface area contributed by atoms with Gasteiger partial charge in [-0.15, -0.1) is 0 Å². The molecule has 1 fully saturated rings. The molecule has 68 valence electrons. The molecular weight excluding hydrogens is 164 g/mol. The number of rotatable bonds is 1. The van der Waals surface area contributed by atoms with Gasteiger partial charge in [0, 0.05) is 6.20 Å². The molecule has 0 unspecified atom stereocenters. The van der Waals surface area contributed by atoms with Crippen LogP contribution < -0.4 is 0 Å². The Hall–Kier alpha value is -1.27. The van der Waals surface area contributed by atoms with Gasteiger partial charge in [-0.2, -0.15) is 5.26 Å². The molecule has 0 aliphatic heterocycles. The molecule has 0 spiro atoms. The van der Waals surface area contributed by atoms with Crippen LogP contribution >= 0.6 is 0 Å². The second-order valence-electron chi connectivity index (χ2n) is 3.48. The molecule has 0 bridgehead atoms. The Bertz CT molecular complexity index is 337. The lowest BCUT2D eigenvalue weighted by Crippen LogP contribution is -2.18. The fraction of sp³-hybridized carbons (Fsp3) is 0.500. The quantitative estimate of drug-likeness (QED) is 0.704. The van der Waals surface area contributed by atoms with Crippen molar-refractivity contribution in [2.75, 3.05) is 0 Å². The molecule has 3 heteroatoms. The van der Waals surface area contributed by atoms with E-state index in [2.05, 4.69) is 6.07 Å². The minimum absolute atomic E-state index is 0.115. The van der Waals surface area contributed by atoms with E-state index in [1.165, 1.54) is 0 Å². The smallest absolute Gasteiger partial charge is 0.120 e. The van der Waals surface area contributed by atoms with E-state index in [1.54, 1.807) is 6.07 Å². The summed E-state index contributed by atoms with van der Waals surface area (Å²) < 4.78 is 1.89. The van der Waals surface area contributed by atoms with Crippen molar-refractivity contribution in [3.05, 3.63) is 24.0 Å². The number of hydrogen-bond acceptors (Lipinski definition) is 2. The second-order valence-corrected chi connectivity index (χ2v) is 3.48. The summed E-state index contributed by atoms with van der Waals surface area (Å²) in [4.78, 5) is 0. The summed E-state index contributed by atoms with van der Waals surface area (Å²) in [6.07, 6.45) is 4.48. The van der Waals surface area contributed by atoms with Crippen LogP contribution in [0.5, 0.6) is 0 Å². The van der Waals surface area contributed by atoms with Gasteiger partial charge in [0.25, 0.3) is 0 Å². The van der Waals surface area contributed by atoms with Gasteiger partial charge in [0.15, 0.2) is 0 Å². The third-order valence-corrected chi connectivity index (χ3v) is 2.69. The maximum Gasteiger partial charge on any atom is 0.120 e. The Labute approximate surface area is 77.2 Å². The molecule has 1 aromatic rings. The van der Waals surface area contributed by atoms with Crippen molar-refractivity contribution in [1.82, 2.24) is 4.57 Å². The van der Waals surface area contributed by atoms with Crippen molar-refractivity contribution in [2.24, 2.45) is 0 Å². The van der Waals surface area contributed by atoms with E-state index in [-0.39, 0.29) is 12.1 Å². The highest BCUT2D eigenvalue weighted by atomic mass is 16.3. The normalized spacial score (nSPS) is 27.4. The van der Waals surface area contributed by atoms with Crippen LogP contribution in [0.15, 0.2) is 18.3 Å². The Morgan fingerprint density at radius 3 is 3.00 bits per heavy atom. The number of nitrogens with zero attached hydrogens (tertiary/aromatic N) is 2. The molecule has 1 heterocycles. The Morgan fingerprint density at radius 2 is 2.38 bits per heavy atom. The highest BCUT2D eigenvalue weighted by Crippen LogP contribution is 2.30. The van der Waals surface area contributed by atoms with E-state index in [0.29, 0.717) is 5.69 Å². The maximum absolute atomic E-state index is 9.65. The number of hydrogen-bond donors (Lipinski definition) is 1. The average molecular weight is 176 g/mol. The van der Waals surface area contributed by atoms with Crippen molar-refractivity contribution in [2.45, 2.75) is 31.4 Å². The minimum Gasteiger partial charge on any atom is -0.391 e. The number of aliphatic hydroxyl groups excluding tert-OH is 1. The first-order valence-electron chi connectivity index (χ1n) is 4.58. The fourth-order valence-corrected chi connectivity index (χ4v) is 2.02. The summed E-state index contributed by atoms with van der Waals surface area (Å²) in [6, 6.07) is 5.87. The molecule has 1 aromatic heterocycles. The third-order valence-electron chi connectivity index (χ3n) is 2.69. The molecule has 13 heavy (non-hydrogen) atoms. The summed E-state index contributed by atoms with van der Waals surface area (Å²) in [5.74, 6) is 0.